The fraction of sp³-hybridized carbons (Fsp3) is 0.882. The van der Waals surface area contributed by atoms with Gasteiger partial charge in [0, 0.05) is 32.7 Å². The van der Waals surface area contributed by atoms with Crippen LogP contribution in [0.15, 0.2) is 0 Å². The first kappa shape index (κ1) is 18.0. The van der Waals surface area contributed by atoms with E-state index in [1.54, 1.807) is 0 Å². The largest absolute Gasteiger partial charge is 0.349 e. The highest BCUT2D eigenvalue weighted by molar-refractivity contribution is 5.81. The monoisotopic (exact) mass is 324 g/mol. The Kier molecular flexibility index (Phi) is 5.89. The molecule has 23 heavy (non-hydrogen) atoms. The minimum atomic E-state index is -0.391. The van der Waals surface area contributed by atoms with E-state index in [2.05, 4.69) is 19.2 Å². The minimum Gasteiger partial charge on any atom is -0.349 e. The first-order valence-corrected chi connectivity index (χ1v) is 8.93. The summed E-state index contributed by atoms with van der Waals surface area (Å²) < 4.78 is 0. The van der Waals surface area contributed by atoms with Crippen molar-refractivity contribution >= 4 is 11.9 Å². The molecular formula is C17H32N4O2. The Morgan fingerprint density at radius 3 is 2.35 bits per heavy atom. The number of piperidine rings is 1. The number of urea groups is 1. The van der Waals surface area contributed by atoms with Crippen molar-refractivity contribution < 1.29 is 9.59 Å². The first-order chi connectivity index (χ1) is 10.9. The number of carbonyl (C=O) groups excluding carboxylic acids is 2. The molecule has 2 fully saturated rings. The molecule has 0 saturated carbocycles. The van der Waals surface area contributed by atoms with Crippen molar-refractivity contribution in [3.63, 3.8) is 0 Å². The molecule has 2 atom stereocenters. The molecule has 132 valence electrons. The van der Waals surface area contributed by atoms with E-state index in [-0.39, 0.29) is 23.8 Å². The van der Waals surface area contributed by atoms with Crippen LogP contribution in [0.2, 0.25) is 0 Å². The SMILES string of the molecule is CC(C)C(C)(CN)NC(=O)C1CCCN(C(=O)N2CCCC2)C1. The third kappa shape index (κ3) is 4.16. The van der Waals surface area contributed by atoms with Gasteiger partial charge in [0.25, 0.3) is 0 Å². The van der Waals surface area contributed by atoms with Crippen LogP contribution in [0.3, 0.4) is 0 Å². The van der Waals surface area contributed by atoms with Gasteiger partial charge in [-0.1, -0.05) is 13.8 Å². The molecular weight excluding hydrogens is 292 g/mol. The average molecular weight is 324 g/mol. The highest BCUT2D eigenvalue weighted by atomic mass is 16.2. The predicted molar refractivity (Wildman–Crippen MR) is 90.9 cm³/mol. The van der Waals surface area contributed by atoms with Gasteiger partial charge in [0.15, 0.2) is 0 Å². The van der Waals surface area contributed by atoms with Gasteiger partial charge in [-0.05, 0) is 38.5 Å². The maximum atomic E-state index is 12.6. The second-order valence-electron chi connectivity index (χ2n) is 7.53. The maximum Gasteiger partial charge on any atom is 0.320 e. The van der Waals surface area contributed by atoms with Crippen LogP contribution in [-0.2, 0) is 4.79 Å². The lowest BCUT2D eigenvalue weighted by atomic mass is 9.87. The van der Waals surface area contributed by atoms with Gasteiger partial charge in [-0.15, -0.1) is 0 Å². The summed E-state index contributed by atoms with van der Waals surface area (Å²) in [5.74, 6) is 0.174. The number of rotatable bonds is 4. The van der Waals surface area contributed by atoms with Gasteiger partial charge in [0.05, 0.1) is 11.5 Å². The lowest BCUT2D eigenvalue weighted by Gasteiger charge is -2.38. The molecule has 6 nitrogen and oxygen atoms in total. The topological polar surface area (TPSA) is 78.7 Å². The van der Waals surface area contributed by atoms with Crippen molar-refractivity contribution in [1.29, 1.82) is 0 Å². The summed E-state index contributed by atoms with van der Waals surface area (Å²) in [6.45, 7) is 9.53. The molecule has 3 amide bonds. The Hall–Kier alpha value is -1.30. The van der Waals surface area contributed by atoms with Crippen LogP contribution >= 0.6 is 0 Å². The quantitative estimate of drug-likeness (QED) is 0.820. The van der Waals surface area contributed by atoms with Crippen molar-refractivity contribution in [2.45, 2.75) is 52.0 Å². The molecule has 6 heteroatoms. The molecule has 2 heterocycles. The first-order valence-electron chi connectivity index (χ1n) is 8.93. The van der Waals surface area contributed by atoms with E-state index in [0.717, 1.165) is 45.3 Å². The number of hydrogen-bond donors (Lipinski definition) is 2. The van der Waals surface area contributed by atoms with Crippen LogP contribution in [0.25, 0.3) is 0 Å². The molecule has 0 bridgehead atoms. The van der Waals surface area contributed by atoms with Crippen LogP contribution in [-0.4, -0.2) is 60.0 Å². The summed E-state index contributed by atoms with van der Waals surface area (Å²) in [7, 11) is 0. The van der Waals surface area contributed by atoms with Crippen molar-refractivity contribution in [1.82, 2.24) is 15.1 Å². The predicted octanol–water partition coefficient (Wildman–Crippen LogP) is 1.40. The number of nitrogens with two attached hydrogens (primary N) is 1. The highest BCUT2D eigenvalue weighted by Gasteiger charge is 2.35. The summed E-state index contributed by atoms with van der Waals surface area (Å²) in [5, 5.41) is 3.13. The fourth-order valence-electron chi connectivity index (χ4n) is 3.29. The third-order valence-electron chi connectivity index (χ3n) is 5.55. The minimum absolute atomic E-state index is 0.0329. The summed E-state index contributed by atoms with van der Waals surface area (Å²) >= 11 is 0. The lowest BCUT2D eigenvalue weighted by molar-refractivity contribution is -0.128. The van der Waals surface area contributed by atoms with Crippen molar-refractivity contribution in [3.05, 3.63) is 0 Å². The van der Waals surface area contributed by atoms with E-state index in [1.807, 2.05) is 16.7 Å². The van der Waals surface area contributed by atoms with Crippen LogP contribution in [0.4, 0.5) is 4.79 Å². The molecule has 0 aliphatic carbocycles. The average Bonchev–Trinajstić information content (AvgIpc) is 3.08. The highest BCUT2D eigenvalue weighted by Crippen LogP contribution is 2.22. The van der Waals surface area contributed by atoms with Crippen LogP contribution in [0.1, 0.15) is 46.5 Å². The Morgan fingerprint density at radius 2 is 1.78 bits per heavy atom. The molecule has 0 aromatic carbocycles. The van der Waals surface area contributed by atoms with Gasteiger partial charge in [-0.3, -0.25) is 4.79 Å². The zero-order valence-electron chi connectivity index (χ0n) is 14.8. The zero-order valence-corrected chi connectivity index (χ0v) is 14.8. The molecule has 2 saturated heterocycles. The van der Waals surface area contributed by atoms with Gasteiger partial charge in [-0.25, -0.2) is 4.79 Å². The summed E-state index contributed by atoms with van der Waals surface area (Å²) in [5.41, 5.74) is 5.47. The van der Waals surface area contributed by atoms with Crippen LogP contribution in [0, 0.1) is 11.8 Å². The van der Waals surface area contributed by atoms with Gasteiger partial charge < -0.3 is 20.9 Å². The van der Waals surface area contributed by atoms with Crippen molar-refractivity contribution in [3.8, 4) is 0 Å². The van der Waals surface area contributed by atoms with Crippen LogP contribution in [0.5, 0.6) is 0 Å². The van der Waals surface area contributed by atoms with E-state index < -0.39 is 5.54 Å². The van der Waals surface area contributed by atoms with Crippen molar-refractivity contribution in [2.75, 3.05) is 32.7 Å². The molecule has 2 aliphatic rings. The number of carbonyl (C=O) groups is 2. The third-order valence-corrected chi connectivity index (χ3v) is 5.55. The van der Waals surface area contributed by atoms with E-state index in [1.165, 1.54) is 0 Å². The van der Waals surface area contributed by atoms with Gasteiger partial charge in [0.2, 0.25) is 5.91 Å². The smallest absolute Gasteiger partial charge is 0.320 e. The summed E-state index contributed by atoms with van der Waals surface area (Å²) in [4.78, 5) is 28.9. The van der Waals surface area contributed by atoms with E-state index in [0.29, 0.717) is 13.1 Å². The summed E-state index contributed by atoms with van der Waals surface area (Å²) in [6.07, 6.45) is 3.91. The molecule has 0 aromatic heterocycles. The van der Waals surface area contributed by atoms with Crippen molar-refractivity contribution in [2.24, 2.45) is 17.6 Å². The fourth-order valence-corrected chi connectivity index (χ4v) is 3.29. The second-order valence-corrected chi connectivity index (χ2v) is 7.53. The van der Waals surface area contributed by atoms with E-state index >= 15 is 0 Å². The van der Waals surface area contributed by atoms with Gasteiger partial charge >= 0.3 is 6.03 Å². The number of hydrogen-bond acceptors (Lipinski definition) is 3. The summed E-state index contributed by atoms with van der Waals surface area (Å²) in [6, 6.07) is 0.102. The molecule has 2 aliphatic heterocycles. The number of likely N-dealkylation sites (tertiary alicyclic amines) is 2. The molecule has 0 spiro atoms. The molecule has 3 N–H and O–H groups in total. The molecule has 2 rings (SSSR count). The maximum absolute atomic E-state index is 12.6. The molecule has 0 radical (unpaired) electrons. The van der Waals surface area contributed by atoms with E-state index in [9.17, 15) is 9.59 Å². The Labute approximate surface area is 139 Å². The second kappa shape index (κ2) is 7.51. The molecule has 2 unspecified atom stereocenters. The number of nitrogens with one attached hydrogen (secondary N) is 1. The van der Waals surface area contributed by atoms with Crippen LogP contribution < -0.4 is 11.1 Å². The lowest BCUT2D eigenvalue weighted by Crippen LogP contribution is -2.58. The Balaban J connectivity index is 1.94. The van der Waals surface area contributed by atoms with Gasteiger partial charge in [-0.2, -0.15) is 0 Å². The van der Waals surface area contributed by atoms with Gasteiger partial charge in [0.1, 0.15) is 0 Å². The normalized spacial score (nSPS) is 24.7. The standard InChI is InChI=1S/C17H32N4O2/c1-13(2)17(3,12-18)19-15(22)14-7-6-10-21(11-14)16(23)20-8-4-5-9-20/h13-14H,4-12,18H2,1-3H3,(H,19,22). The number of nitrogens with zero attached hydrogens (tertiary/aromatic N) is 2. The Bertz CT molecular complexity index is 434. The Morgan fingerprint density at radius 1 is 1.17 bits per heavy atom. The zero-order chi connectivity index (χ0) is 17.0. The van der Waals surface area contributed by atoms with E-state index in [4.69, 9.17) is 5.73 Å². The molecule has 0 aromatic rings. The number of amides is 3.